The molecular formula is C19H24N4O2. The summed E-state index contributed by atoms with van der Waals surface area (Å²) in [6.07, 6.45) is 2.89. The molecule has 3 rings (SSSR count). The number of aromatic nitrogens is 3. The number of pyridine rings is 1. The molecule has 0 unspecified atom stereocenters. The number of amides is 1. The standard InChI is InChI=1S/C19H24N4O2/c1-12-8-13(2)11-23(10-12)17(24)9-15-14(3)21-18(22-19(15)25)16-6-4-5-7-20-16/h4-7,12-13H,8-11H2,1-3H3,(H,21,22,25)/t12-,13+. The van der Waals surface area contributed by atoms with E-state index in [0.717, 1.165) is 19.5 Å². The number of likely N-dealkylation sites (tertiary alicyclic amines) is 1. The number of aryl methyl sites for hydroxylation is 1. The van der Waals surface area contributed by atoms with E-state index in [0.29, 0.717) is 34.6 Å². The quantitative estimate of drug-likeness (QED) is 0.929. The molecule has 1 aliphatic rings. The minimum atomic E-state index is -0.264. The topological polar surface area (TPSA) is 79.0 Å². The van der Waals surface area contributed by atoms with E-state index in [1.165, 1.54) is 0 Å². The molecule has 1 fully saturated rings. The van der Waals surface area contributed by atoms with Crippen molar-refractivity contribution in [2.75, 3.05) is 13.1 Å². The van der Waals surface area contributed by atoms with Crippen LogP contribution in [0.3, 0.4) is 0 Å². The molecule has 6 nitrogen and oxygen atoms in total. The first-order valence-electron chi connectivity index (χ1n) is 8.73. The van der Waals surface area contributed by atoms with Crippen LogP contribution >= 0.6 is 0 Å². The average molecular weight is 340 g/mol. The van der Waals surface area contributed by atoms with Crippen LogP contribution in [-0.2, 0) is 11.2 Å². The Morgan fingerprint density at radius 1 is 1.28 bits per heavy atom. The molecule has 2 aromatic heterocycles. The highest BCUT2D eigenvalue weighted by Gasteiger charge is 2.26. The fourth-order valence-corrected chi connectivity index (χ4v) is 3.57. The summed E-state index contributed by atoms with van der Waals surface area (Å²) in [4.78, 5) is 38.4. The fraction of sp³-hybridized carbons (Fsp3) is 0.474. The van der Waals surface area contributed by atoms with Crippen molar-refractivity contribution in [1.82, 2.24) is 19.9 Å². The number of hydrogen-bond acceptors (Lipinski definition) is 4. The minimum absolute atomic E-state index is 0.000568. The first-order chi connectivity index (χ1) is 11.9. The highest BCUT2D eigenvalue weighted by Crippen LogP contribution is 2.21. The number of nitrogens with zero attached hydrogens (tertiary/aromatic N) is 3. The van der Waals surface area contributed by atoms with Crippen LogP contribution in [-0.4, -0.2) is 38.8 Å². The van der Waals surface area contributed by atoms with Gasteiger partial charge in [-0.3, -0.25) is 14.6 Å². The molecule has 0 radical (unpaired) electrons. The second-order valence-corrected chi connectivity index (χ2v) is 7.12. The maximum atomic E-state index is 12.7. The van der Waals surface area contributed by atoms with Crippen molar-refractivity contribution in [2.24, 2.45) is 11.8 Å². The number of rotatable bonds is 3. The third-order valence-electron chi connectivity index (χ3n) is 4.68. The molecule has 0 saturated carbocycles. The maximum Gasteiger partial charge on any atom is 0.255 e. The minimum Gasteiger partial charge on any atom is -0.342 e. The predicted octanol–water partition coefficient (Wildman–Crippen LogP) is 2.19. The highest BCUT2D eigenvalue weighted by atomic mass is 16.2. The average Bonchev–Trinajstić information content (AvgIpc) is 2.57. The van der Waals surface area contributed by atoms with Crippen molar-refractivity contribution in [1.29, 1.82) is 0 Å². The lowest BCUT2D eigenvalue weighted by Crippen LogP contribution is -2.43. The van der Waals surface area contributed by atoms with Crippen LogP contribution in [0.5, 0.6) is 0 Å². The number of H-pyrrole nitrogens is 1. The molecule has 25 heavy (non-hydrogen) atoms. The lowest BCUT2D eigenvalue weighted by atomic mass is 9.91. The van der Waals surface area contributed by atoms with Gasteiger partial charge in [-0.2, -0.15) is 0 Å². The van der Waals surface area contributed by atoms with Gasteiger partial charge in [0.15, 0.2) is 5.82 Å². The van der Waals surface area contributed by atoms with E-state index in [1.807, 2.05) is 17.0 Å². The molecule has 1 amide bonds. The van der Waals surface area contributed by atoms with Crippen molar-refractivity contribution in [3.63, 3.8) is 0 Å². The first-order valence-corrected chi connectivity index (χ1v) is 8.73. The van der Waals surface area contributed by atoms with E-state index < -0.39 is 0 Å². The van der Waals surface area contributed by atoms with Crippen LogP contribution in [0.1, 0.15) is 31.5 Å². The zero-order valence-electron chi connectivity index (χ0n) is 15.0. The molecule has 2 aromatic rings. The van der Waals surface area contributed by atoms with E-state index in [9.17, 15) is 9.59 Å². The SMILES string of the molecule is Cc1nc(-c2ccccn2)[nH]c(=O)c1CC(=O)N1C[C@H](C)C[C@H](C)C1. The predicted molar refractivity (Wildman–Crippen MR) is 96.1 cm³/mol. The van der Waals surface area contributed by atoms with Crippen molar-refractivity contribution in [3.05, 3.63) is 46.0 Å². The Hall–Kier alpha value is -2.50. The molecule has 0 spiro atoms. The van der Waals surface area contributed by atoms with Crippen LogP contribution in [0.2, 0.25) is 0 Å². The molecule has 1 aliphatic heterocycles. The van der Waals surface area contributed by atoms with Gasteiger partial charge >= 0.3 is 0 Å². The van der Waals surface area contributed by atoms with Crippen molar-refractivity contribution < 1.29 is 4.79 Å². The highest BCUT2D eigenvalue weighted by molar-refractivity contribution is 5.79. The molecule has 1 N–H and O–H groups in total. The summed E-state index contributed by atoms with van der Waals surface area (Å²) < 4.78 is 0. The number of carbonyl (C=O) groups is 1. The smallest absolute Gasteiger partial charge is 0.255 e. The van der Waals surface area contributed by atoms with Crippen LogP contribution in [0.25, 0.3) is 11.5 Å². The molecule has 6 heteroatoms. The Balaban J connectivity index is 1.81. The zero-order chi connectivity index (χ0) is 18.0. The van der Waals surface area contributed by atoms with Gasteiger partial charge in [0.05, 0.1) is 6.42 Å². The monoisotopic (exact) mass is 340 g/mol. The van der Waals surface area contributed by atoms with Gasteiger partial charge in [-0.1, -0.05) is 19.9 Å². The van der Waals surface area contributed by atoms with E-state index in [-0.39, 0.29) is 17.9 Å². The van der Waals surface area contributed by atoms with Crippen LogP contribution in [0.4, 0.5) is 0 Å². The van der Waals surface area contributed by atoms with Gasteiger partial charge in [-0.05, 0) is 37.3 Å². The molecule has 3 heterocycles. The number of aromatic amines is 1. The number of piperidine rings is 1. The van der Waals surface area contributed by atoms with E-state index in [4.69, 9.17) is 0 Å². The second kappa shape index (κ2) is 7.17. The summed E-state index contributed by atoms with van der Waals surface area (Å²) in [6, 6.07) is 5.44. The Bertz CT molecular complexity index is 806. The second-order valence-electron chi connectivity index (χ2n) is 7.12. The molecule has 0 aliphatic carbocycles. The van der Waals surface area contributed by atoms with Gasteiger partial charge < -0.3 is 9.88 Å². The summed E-state index contributed by atoms with van der Waals surface area (Å²) >= 11 is 0. The van der Waals surface area contributed by atoms with Gasteiger partial charge in [0, 0.05) is 30.5 Å². The third-order valence-corrected chi connectivity index (χ3v) is 4.68. The van der Waals surface area contributed by atoms with Crippen molar-refractivity contribution >= 4 is 5.91 Å². The molecule has 0 bridgehead atoms. The molecule has 0 aromatic carbocycles. The van der Waals surface area contributed by atoms with Crippen LogP contribution < -0.4 is 5.56 Å². The van der Waals surface area contributed by atoms with E-state index >= 15 is 0 Å². The zero-order valence-corrected chi connectivity index (χ0v) is 15.0. The van der Waals surface area contributed by atoms with Crippen molar-refractivity contribution in [2.45, 2.75) is 33.6 Å². The van der Waals surface area contributed by atoms with Crippen LogP contribution in [0, 0.1) is 18.8 Å². The Morgan fingerprint density at radius 2 is 2.00 bits per heavy atom. The van der Waals surface area contributed by atoms with Crippen LogP contribution in [0.15, 0.2) is 29.2 Å². The van der Waals surface area contributed by atoms with Gasteiger partial charge in [-0.15, -0.1) is 0 Å². The summed E-state index contributed by atoms with van der Waals surface area (Å²) in [7, 11) is 0. The maximum absolute atomic E-state index is 12.7. The number of hydrogen-bond donors (Lipinski definition) is 1. The number of carbonyl (C=O) groups excluding carboxylic acids is 1. The Kier molecular flexibility index (Phi) is 4.97. The summed E-state index contributed by atoms with van der Waals surface area (Å²) in [6.45, 7) is 7.62. The summed E-state index contributed by atoms with van der Waals surface area (Å²) in [5.41, 5.74) is 1.37. The van der Waals surface area contributed by atoms with Gasteiger partial charge in [0.2, 0.25) is 5.91 Å². The molecule has 1 saturated heterocycles. The Labute approximate surface area is 147 Å². The third kappa shape index (κ3) is 3.95. The lowest BCUT2D eigenvalue weighted by Gasteiger charge is -2.35. The largest absolute Gasteiger partial charge is 0.342 e. The number of nitrogens with one attached hydrogen (secondary N) is 1. The van der Waals surface area contributed by atoms with E-state index in [1.54, 1.807) is 19.2 Å². The normalized spacial score (nSPS) is 20.5. The Morgan fingerprint density at radius 3 is 2.60 bits per heavy atom. The molecule has 132 valence electrons. The van der Waals surface area contributed by atoms with Gasteiger partial charge in [0.25, 0.3) is 5.56 Å². The van der Waals surface area contributed by atoms with E-state index in [2.05, 4.69) is 28.8 Å². The molecule has 2 atom stereocenters. The fourth-order valence-electron chi connectivity index (χ4n) is 3.57. The van der Waals surface area contributed by atoms with Gasteiger partial charge in [0.1, 0.15) is 5.69 Å². The first kappa shape index (κ1) is 17.3. The van der Waals surface area contributed by atoms with Gasteiger partial charge in [-0.25, -0.2) is 4.98 Å². The summed E-state index contributed by atoms with van der Waals surface area (Å²) in [5, 5.41) is 0. The van der Waals surface area contributed by atoms with Crippen molar-refractivity contribution in [3.8, 4) is 11.5 Å². The summed E-state index contributed by atoms with van der Waals surface area (Å²) in [5.74, 6) is 1.42. The lowest BCUT2D eigenvalue weighted by molar-refractivity contribution is -0.133. The molecular weight excluding hydrogens is 316 g/mol.